The highest BCUT2D eigenvalue weighted by molar-refractivity contribution is 9.10. The summed E-state index contributed by atoms with van der Waals surface area (Å²) in [5.74, 6) is -2.72. The Morgan fingerprint density at radius 2 is 2.22 bits per heavy atom. The summed E-state index contributed by atoms with van der Waals surface area (Å²) >= 11 is 2.95. The van der Waals surface area contributed by atoms with Crippen LogP contribution in [0.5, 0.6) is 0 Å². The minimum Gasteiger partial charge on any atom is -0.481 e. The summed E-state index contributed by atoms with van der Waals surface area (Å²) < 4.78 is 18.6. The molecule has 2 rings (SSSR count). The average molecular weight is 391 g/mol. The van der Waals surface area contributed by atoms with Gasteiger partial charge in [-0.05, 0) is 22.0 Å². The van der Waals surface area contributed by atoms with Crippen molar-refractivity contribution >= 4 is 33.5 Å². The number of carbonyl (C=O) groups excluding carboxylic acids is 1. The Morgan fingerprint density at radius 1 is 1.52 bits per heavy atom. The van der Waals surface area contributed by atoms with Gasteiger partial charge in [0.25, 0.3) is 11.6 Å². The fourth-order valence-electron chi connectivity index (χ4n) is 2.31. The van der Waals surface area contributed by atoms with Gasteiger partial charge in [0, 0.05) is 6.54 Å². The molecule has 1 amide bonds. The number of carboxylic acid groups (broad SMARTS) is 1. The molecule has 1 aliphatic rings. The Labute approximate surface area is 138 Å². The fourth-order valence-corrected chi connectivity index (χ4v) is 2.85. The average Bonchev–Trinajstić information content (AvgIpc) is 2.48. The summed E-state index contributed by atoms with van der Waals surface area (Å²) in [6.07, 6.45) is -0.333. The molecule has 124 valence electrons. The van der Waals surface area contributed by atoms with Gasteiger partial charge in [0.2, 0.25) is 0 Å². The van der Waals surface area contributed by atoms with E-state index in [1.165, 1.54) is 4.90 Å². The first-order chi connectivity index (χ1) is 10.8. The molecule has 1 aromatic rings. The molecule has 1 heterocycles. The van der Waals surface area contributed by atoms with Crippen LogP contribution in [0.4, 0.5) is 10.1 Å². The molecule has 1 N–H and O–H groups in total. The number of rotatable bonds is 4. The number of nitrogens with zero attached hydrogens (tertiary/aromatic N) is 2. The van der Waals surface area contributed by atoms with Gasteiger partial charge < -0.3 is 14.7 Å². The normalized spacial score (nSPS) is 17.8. The maximum Gasteiger partial charge on any atom is 0.305 e. The number of carboxylic acids is 1. The first kappa shape index (κ1) is 17.3. The third-order valence-corrected chi connectivity index (χ3v) is 4.18. The zero-order valence-electron chi connectivity index (χ0n) is 11.7. The number of hydrogen-bond donors (Lipinski definition) is 1. The summed E-state index contributed by atoms with van der Waals surface area (Å²) in [6, 6.07) is 0.865. The standard InChI is InChI=1S/C13H12BrFN2O6/c14-12-9(3-7(15)4-10(12)17(21)22)13(20)16-1-2-23-6-8(16)5-11(18)19/h3-4,8H,1-2,5-6H2,(H,18,19). The molecule has 0 spiro atoms. The lowest BCUT2D eigenvalue weighted by atomic mass is 10.1. The van der Waals surface area contributed by atoms with Crippen molar-refractivity contribution in [3.05, 3.63) is 38.1 Å². The van der Waals surface area contributed by atoms with E-state index in [0.29, 0.717) is 6.07 Å². The van der Waals surface area contributed by atoms with Crippen molar-refractivity contribution in [1.29, 1.82) is 0 Å². The molecule has 1 aromatic carbocycles. The molecule has 1 saturated heterocycles. The smallest absolute Gasteiger partial charge is 0.305 e. The first-order valence-electron chi connectivity index (χ1n) is 6.55. The van der Waals surface area contributed by atoms with Crippen LogP contribution in [0, 0.1) is 15.9 Å². The van der Waals surface area contributed by atoms with E-state index in [4.69, 9.17) is 9.84 Å². The summed E-state index contributed by atoms with van der Waals surface area (Å²) in [4.78, 5) is 34.8. The van der Waals surface area contributed by atoms with Gasteiger partial charge in [-0.1, -0.05) is 0 Å². The fraction of sp³-hybridized carbons (Fsp3) is 0.385. The minimum absolute atomic E-state index is 0.0348. The Bertz CT molecular complexity index is 668. The number of carbonyl (C=O) groups is 2. The molecule has 23 heavy (non-hydrogen) atoms. The van der Waals surface area contributed by atoms with Gasteiger partial charge in [-0.2, -0.15) is 0 Å². The van der Waals surface area contributed by atoms with Crippen molar-refractivity contribution in [2.75, 3.05) is 19.8 Å². The number of amides is 1. The van der Waals surface area contributed by atoms with Gasteiger partial charge in [0.1, 0.15) is 10.3 Å². The molecule has 0 radical (unpaired) electrons. The van der Waals surface area contributed by atoms with E-state index in [2.05, 4.69) is 15.9 Å². The van der Waals surface area contributed by atoms with E-state index in [1.54, 1.807) is 0 Å². The number of nitro groups is 1. The summed E-state index contributed by atoms with van der Waals surface area (Å²) in [5, 5.41) is 19.8. The van der Waals surface area contributed by atoms with E-state index in [9.17, 15) is 24.1 Å². The van der Waals surface area contributed by atoms with Gasteiger partial charge >= 0.3 is 5.97 Å². The van der Waals surface area contributed by atoms with E-state index >= 15 is 0 Å². The molecular weight excluding hydrogens is 379 g/mol. The van der Waals surface area contributed by atoms with Crippen LogP contribution in [0.3, 0.4) is 0 Å². The van der Waals surface area contributed by atoms with E-state index in [1.807, 2.05) is 0 Å². The van der Waals surface area contributed by atoms with Crippen LogP contribution >= 0.6 is 15.9 Å². The molecule has 0 bridgehead atoms. The zero-order valence-corrected chi connectivity index (χ0v) is 13.3. The maximum atomic E-state index is 13.6. The number of nitro benzene ring substituents is 1. The lowest BCUT2D eigenvalue weighted by Gasteiger charge is -2.35. The second-order valence-corrected chi connectivity index (χ2v) is 5.66. The Kier molecular flexibility index (Phi) is 5.26. The molecule has 1 unspecified atom stereocenters. The quantitative estimate of drug-likeness (QED) is 0.619. The molecule has 8 nitrogen and oxygen atoms in total. The summed E-state index contributed by atoms with van der Waals surface area (Å²) in [6.45, 7) is 0.359. The van der Waals surface area contributed by atoms with Crippen molar-refractivity contribution in [2.24, 2.45) is 0 Å². The summed E-state index contributed by atoms with van der Waals surface area (Å²) in [5.41, 5.74) is -0.801. The third-order valence-electron chi connectivity index (χ3n) is 3.34. The molecule has 1 aliphatic heterocycles. The van der Waals surface area contributed by atoms with Crippen LogP contribution in [0.1, 0.15) is 16.8 Å². The minimum atomic E-state index is -1.11. The van der Waals surface area contributed by atoms with Crippen LogP contribution in [0.15, 0.2) is 16.6 Å². The number of halogens is 2. The molecule has 10 heteroatoms. The highest BCUT2D eigenvalue weighted by Gasteiger charge is 2.32. The first-order valence-corrected chi connectivity index (χ1v) is 7.34. The Balaban J connectivity index is 2.38. The molecule has 0 aromatic heterocycles. The lowest BCUT2D eigenvalue weighted by molar-refractivity contribution is -0.385. The SMILES string of the molecule is O=C(O)CC1COCCN1C(=O)c1cc(F)cc([N+](=O)[O-])c1Br. The number of ether oxygens (including phenoxy) is 1. The van der Waals surface area contributed by atoms with E-state index in [-0.39, 0.29) is 36.2 Å². The number of benzene rings is 1. The van der Waals surface area contributed by atoms with Crippen molar-refractivity contribution in [3.8, 4) is 0 Å². The number of morpholine rings is 1. The largest absolute Gasteiger partial charge is 0.481 e. The van der Waals surface area contributed by atoms with Gasteiger partial charge in [-0.25, -0.2) is 4.39 Å². The number of hydrogen-bond acceptors (Lipinski definition) is 5. The van der Waals surface area contributed by atoms with Crippen LogP contribution in [-0.4, -0.2) is 52.6 Å². The molecule has 1 atom stereocenters. The van der Waals surface area contributed by atoms with Crippen molar-refractivity contribution in [3.63, 3.8) is 0 Å². The highest BCUT2D eigenvalue weighted by Crippen LogP contribution is 2.31. The molecule has 0 aliphatic carbocycles. The van der Waals surface area contributed by atoms with Crippen molar-refractivity contribution in [2.45, 2.75) is 12.5 Å². The van der Waals surface area contributed by atoms with Crippen LogP contribution in [-0.2, 0) is 9.53 Å². The second-order valence-electron chi connectivity index (χ2n) is 4.87. The van der Waals surface area contributed by atoms with Crippen molar-refractivity contribution in [1.82, 2.24) is 4.90 Å². The van der Waals surface area contributed by atoms with E-state index in [0.717, 1.165) is 6.07 Å². The lowest BCUT2D eigenvalue weighted by Crippen LogP contribution is -2.49. The zero-order chi connectivity index (χ0) is 17.1. The second kappa shape index (κ2) is 7.01. The molecule has 1 fully saturated rings. The van der Waals surface area contributed by atoms with Crippen LogP contribution in [0.25, 0.3) is 0 Å². The van der Waals surface area contributed by atoms with Crippen LogP contribution < -0.4 is 0 Å². The Morgan fingerprint density at radius 3 is 2.83 bits per heavy atom. The Hall–Kier alpha value is -2.07. The van der Waals surface area contributed by atoms with E-state index < -0.39 is 34.3 Å². The summed E-state index contributed by atoms with van der Waals surface area (Å²) in [7, 11) is 0. The van der Waals surface area contributed by atoms with Crippen molar-refractivity contribution < 1.29 is 28.7 Å². The predicted molar refractivity (Wildman–Crippen MR) is 78.7 cm³/mol. The predicted octanol–water partition coefficient (Wildman–Crippen LogP) is 1.81. The third kappa shape index (κ3) is 3.82. The highest BCUT2D eigenvalue weighted by atomic mass is 79.9. The van der Waals surface area contributed by atoms with Crippen LogP contribution in [0.2, 0.25) is 0 Å². The number of aliphatic carboxylic acids is 1. The van der Waals surface area contributed by atoms with Gasteiger partial charge in [-0.3, -0.25) is 19.7 Å². The molecular formula is C13H12BrFN2O6. The van der Waals surface area contributed by atoms with Gasteiger partial charge in [0.05, 0.1) is 42.2 Å². The maximum absolute atomic E-state index is 13.6. The monoisotopic (exact) mass is 390 g/mol. The topological polar surface area (TPSA) is 110 Å². The van der Waals surface area contributed by atoms with Gasteiger partial charge in [-0.15, -0.1) is 0 Å². The van der Waals surface area contributed by atoms with Gasteiger partial charge in [0.15, 0.2) is 0 Å². The molecule has 0 saturated carbocycles.